The molecule has 4 nitrogen and oxygen atoms in total. The Morgan fingerprint density at radius 2 is 2.40 bits per heavy atom. The van der Waals surface area contributed by atoms with Crippen molar-refractivity contribution in [2.24, 2.45) is 0 Å². The molecule has 15 heavy (non-hydrogen) atoms. The van der Waals surface area contributed by atoms with E-state index in [1.807, 2.05) is 12.3 Å². The first kappa shape index (κ1) is 8.85. The monoisotopic (exact) mass is 202 g/mol. The highest BCUT2D eigenvalue weighted by atomic mass is 15.0. The van der Waals surface area contributed by atoms with Crippen LogP contribution in [0.25, 0.3) is 11.0 Å². The summed E-state index contributed by atoms with van der Waals surface area (Å²) in [4.78, 5) is 12.1. The van der Waals surface area contributed by atoms with Gasteiger partial charge in [-0.1, -0.05) is 6.92 Å². The molecule has 1 atom stereocenters. The van der Waals surface area contributed by atoms with Crippen LogP contribution in [-0.2, 0) is 5.41 Å². The van der Waals surface area contributed by atoms with Crippen molar-refractivity contribution in [3.8, 4) is 0 Å². The molecule has 1 aliphatic rings. The molecule has 4 heteroatoms. The zero-order valence-electron chi connectivity index (χ0n) is 8.75. The average molecular weight is 202 g/mol. The maximum absolute atomic E-state index is 4.63. The van der Waals surface area contributed by atoms with E-state index in [9.17, 15) is 0 Å². The van der Waals surface area contributed by atoms with Gasteiger partial charge in [0.05, 0.1) is 17.2 Å². The number of imidazole rings is 1. The summed E-state index contributed by atoms with van der Waals surface area (Å²) in [5.74, 6) is 1.08. The van der Waals surface area contributed by atoms with Gasteiger partial charge in [-0.05, 0) is 19.0 Å². The Labute approximate surface area is 88.1 Å². The van der Waals surface area contributed by atoms with Crippen molar-refractivity contribution in [2.45, 2.75) is 18.8 Å². The highest BCUT2D eigenvalue weighted by Gasteiger charge is 2.33. The molecule has 0 saturated carbocycles. The molecule has 0 aliphatic carbocycles. The number of pyridine rings is 1. The summed E-state index contributed by atoms with van der Waals surface area (Å²) in [6.07, 6.45) is 4.75. The number of hydrogen-bond donors (Lipinski definition) is 2. The van der Waals surface area contributed by atoms with E-state index in [0.29, 0.717) is 0 Å². The van der Waals surface area contributed by atoms with Crippen molar-refractivity contribution in [3.63, 3.8) is 0 Å². The molecule has 0 radical (unpaired) electrons. The zero-order chi connectivity index (χ0) is 10.3. The third-order valence-electron chi connectivity index (χ3n) is 3.22. The number of H-pyrrole nitrogens is 1. The summed E-state index contributed by atoms with van der Waals surface area (Å²) in [5, 5.41) is 3.38. The molecule has 0 amide bonds. The molecular weight excluding hydrogens is 188 g/mol. The van der Waals surface area contributed by atoms with Crippen molar-refractivity contribution in [3.05, 3.63) is 24.3 Å². The molecule has 2 aromatic rings. The second-order valence-electron chi connectivity index (χ2n) is 4.47. The molecule has 1 saturated heterocycles. The summed E-state index contributed by atoms with van der Waals surface area (Å²) >= 11 is 0. The Balaban J connectivity index is 2.11. The van der Waals surface area contributed by atoms with Gasteiger partial charge in [0.25, 0.3) is 0 Å². The van der Waals surface area contributed by atoms with Crippen LogP contribution in [0.1, 0.15) is 19.2 Å². The maximum atomic E-state index is 4.63. The molecule has 0 bridgehead atoms. The van der Waals surface area contributed by atoms with Crippen LogP contribution in [0, 0.1) is 0 Å². The first-order chi connectivity index (χ1) is 7.28. The van der Waals surface area contributed by atoms with E-state index in [4.69, 9.17) is 0 Å². The molecule has 3 rings (SSSR count). The number of nitrogens with zero attached hydrogens (tertiary/aromatic N) is 2. The predicted octanol–water partition coefficient (Wildman–Crippen LogP) is 1.21. The van der Waals surface area contributed by atoms with Crippen LogP contribution in [0.3, 0.4) is 0 Å². The first-order valence-corrected chi connectivity index (χ1v) is 5.29. The fraction of sp³-hybridized carbons (Fsp3) is 0.455. The largest absolute Gasteiger partial charge is 0.340 e. The van der Waals surface area contributed by atoms with E-state index in [0.717, 1.165) is 36.4 Å². The third-order valence-corrected chi connectivity index (χ3v) is 3.22. The fourth-order valence-electron chi connectivity index (χ4n) is 2.16. The third kappa shape index (κ3) is 1.33. The molecule has 0 spiro atoms. The van der Waals surface area contributed by atoms with Crippen LogP contribution in [-0.4, -0.2) is 28.0 Å². The van der Waals surface area contributed by atoms with Crippen molar-refractivity contribution >= 4 is 11.0 Å². The second kappa shape index (κ2) is 3.03. The first-order valence-electron chi connectivity index (χ1n) is 5.29. The molecule has 2 N–H and O–H groups in total. The molecular formula is C11H14N4. The summed E-state index contributed by atoms with van der Waals surface area (Å²) in [7, 11) is 0. The number of hydrogen-bond acceptors (Lipinski definition) is 3. The number of nitrogens with one attached hydrogen (secondary N) is 2. The van der Waals surface area contributed by atoms with E-state index in [1.165, 1.54) is 0 Å². The smallest absolute Gasteiger partial charge is 0.114 e. The van der Waals surface area contributed by atoms with E-state index in [2.05, 4.69) is 27.2 Å². The quantitative estimate of drug-likeness (QED) is 0.730. The molecule has 1 unspecified atom stereocenters. The van der Waals surface area contributed by atoms with Gasteiger partial charge >= 0.3 is 0 Å². The van der Waals surface area contributed by atoms with Crippen molar-refractivity contribution < 1.29 is 0 Å². The Morgan fingerprint density at radius 3 is 3.13 bits per heavy atom. The lowest BCUT2D eigenvalue weighted by Crippen LogP contribution is -2.26. The van der Waals surface area contributed by atoms with Gasteiger partial charge in [-0.2, -0.15) is 0 Å². The van der Waals surface area contributed by atoms with Crippen LogP contribution >= 0.6 is 0 Å². The van der Waals surface area contributed by atoms with Crippen LogP contribution in [0.15, 0.2) is 18.5 Å². The lowest BCUT2D eigenvalue weighted by molar-refractivity contribution is 0.496. The second-order valence-corrected chi connectivity index (χ2v) is 4.47. The Kier molecular flexibility index (Phi) is 1.79. The topological polar surface area (TPSA) is 53.6 Å². The van der Waals surface area contributed by atoms with Crippen LogP contribution in [0.4, 0.5) is 0 Å². The fourth-order valence-corrected chi connectivity index (χ4v) is 2.16. The number of fused-ring (bicyclic) bond motifs is 1. The predicted molar refractivity (Wildman–Crippen MR) is 58.7 cm³/mol. The molecule has 78 valence electrons. The van der Waals surface area contributed by atoms with E-state index < -0.39 is 0 Å². The minimum absolute atomic E-state index is 0.152. The lowest BCUT2D eigenvalue weighted by atomic mass is 9.89. The van der Waals surface area contributed by atoms with Gasteiger partial charge in [0, 0.05) is 18.2 Å². The summed E-state index contributed by atoms with van der Waals surface area (Å²) in [6, 6.07) is 1.95. The van der Waals surface area contributed by atoms with Crippen molar-refractivity contribution in [1.82, 2.24) is 20.3 Å². The van der Waals surface area contributed by atoms with Gasteiger partial charge in [-0.3, -0.25) is 4.98 Å². The minimum Gasteiger partial charge on any atom is -0.340 e. The van der Waals surface area contributed by atoms with Gasteiger partial charge in [-0.25, -0.2) is 4.98 Å². The zero-order valence-corrected chi connectivity index (χ0v) is 8.75. The standard InChI is InChI=1S/C11H14N4/c1-11(3-5-13-7-11)10-14-8-2-4-12-6-9(8)15-10/h2,4,6,13H,3,5,7H2,1H3,(H,14,15). The summed E-state index contributed by atoms with van der Waals surface area (Å²) < 4.78 is 0. The van der Waals surface area contributed by atoms with Gasteiger partial charge in [0.2, 0.25) is 0 Å². The average Bonchev–Trinajstić information content (AvgIpc) is 2.84. The van der Waals surface area contributed by atoms with E-state index in [-0.39, 0.29) is 5.41 Å². The van der Waals surface area contributed by atoms with E-state index >= 15 is 0 Å². The maximum Gasteiger partial charge on any atom is 0.114 e. The normalized spacial score (nSPS) is 26.2. The van der Waals surface area contributed by atoms with Crippen LogP contribution in [0.5, 0.6) is 0 Å². The molecule has 2 aromatic heterocycles. The van der Waals surface area contributed by atoms with Gasteiger partial charge in [0.1, 0.15) is 5.82 Å². The van der Waals surface area contributed by atoms with Gasteiger partial charge in [-0.15, -0.1) is 0 Å². The lowest BCUT2D eigenvalue weighted by Gasteiger charge is -2.18. The van der Waals surface area contributed by atoms with Gasteiger partial charge < -0.3 is 10.3 Å². The highest BCUT2D eigenvalue weighted by Crippen LogP contribution is 2.28. The molecule has 3 heterocycles. The van der Waals surface area contributed by atoms with E-state index in [1.54, 1.807) is 6.20 Å². The van der Waals surface area contributed by atoms with Crippen molar-refractivity contribution in [1.29, 1.82) is 0 Å². The summed E-state index contributed by atoms with van der Waals surface area (Å²) in [6.45, 7) is 4.32. The van der Waals surface area contributed by atoms with Crippen LogP contribution in [0.2, 0.25) is 0 Å². The minimum atomic E-state index is 0.152. The molecule has 1 fully saturated rings. The Morgan fingerprint density at radius 1 is 1.47 bits per heavy atom. The van der Waals surface area contributed by atoms with Crippen molar-refractivity contribution in [2.75, 3.05) is 13.1 Å². The Hall–Kier alpha value is -1.42. The SMILES string of the molecule is CC1(c2nc3ccncc3[nH]2)CCNC1. The molecule has 0 aromatic carbocycles. The highest BCUT2D eigenvalue weighted by molar-refractivity contribution is 5.73. The summed E-state index contributed by atoms with van der Waals surface area (Å²) in [5.41, 5.74) is 2.19. The number of aromatic nitrogens is 3. The van der Waals surface area contributed by atoms with Gasteiger partial charge in [0.15, 0.2) is 0 Å². The number of aromatic amines is 1. The van der Waals surface area contributed by atoms with Crippen LogP contribution < -0.4 is 5.32 Å². The Bertz CT molecular complexity index is 449. The molecule has 1 aliphatic heterocycles. The number of rotatable bonds is 1.